The molecule has 2 aromatic rings. The van der Waals surface area contributed by atoms with Crippen LogP contribution in [0.15, 0.2) is 42.0 Å². The van der Waals surface area contributed by atoms with Crippen LogP contribution in [0.3, 0.4) is 0 Å². The van der Waals surface area contributed by atoms with Gasteiger partial charge in [-0.2, -0.15) is 0 Å². The first-order valence-corrected chi connectivity index (χ1v) is 15.9. The molecule has 44 heavy (non-hydrogen) atoms. The minimum atomic E-state index is -0.778. The van der Waals surface area contributed by atoms with Crippen molar-refractivity contribution in [2.45, 2.75) is 59.4 Å². The van der Waals surface area contributed by atoms with Gasteiger partial charge in [0, 0.05) is 31.7 Å². The van der Waals surface area contributed by atoms with Crippen LogP contribution in [-0.2, 0) is 14.3 Å². The molecule has 2 aliphatic heterocycles. The Morgan fingerprint density at radius 1 is 0.977 bits per heavy atom. The lowest BCUT2D eigenvalue weighted by atomic mass is 9.94. The molecule has 2 aliphatic rings. The molecule has 1 atom stereocenters. The summed E-state index contributed by atoms with van der Waals surface area (Å²) < 4.78 is 23.0. The van der Waals surface area contributed by atoms with Crippen LogP contribution in [0.25, 0.3) is 5.76 Å². The third-order valence-corrected chi connectivity index (χ3v) is 8.05. The zero-order valence-electron chi connectivity index (χ0n) is 26.9. The molecule has 0 radical (unpaired) electrons. The molecule has 2 saturated heterocycles. The smallest absolute Gasteiger partial charge is 0.295 e. The van der Waals surface area contributed by atoms with Crippen molar-refractivity contribution in [2.24, 2.45) is 5.92 Å². The lowest BCUT2D eigenvalue weighted by Gasteiger charge is -2.29. The summed E-state index contributed by atoms with van der Waals surface area (Å²) in [4.78, 5) is 31.0. The van der Waals surface area contributed by atoms with Gasteiger partial charge in [-0.15, -0.1) is 0 Å². The van der Waals surface area contributed by atoms with Gasteiger partial charge >= 0.3 is 0 Å². The topological polar surface area (TPSA) is 97.8 Å². The molecule has 1 unspecified atom stereocenters. The number of carbonyl (C=O) groups excluding carboxylic acids is 2. The molecule has 9 nitrogen and oxygen atoms in total. The van der Waals surface area contributed by atoms with Gasteiger partial charge < -0.3 is 29.0 Å². The second kappa shape index (κ2) is 16.0. The molecular formula is C35H48N2O7. The molecule has 240 valence electrons. The molecule has 1 N–H and O–H groups in total. The number of hydrogen-bond donors (Lipinski definition) is 1. The minimum absolute atomic E-state index is 0.0651. The van der Waals surface area contributed by atoms with Crippen molar-refractivity contribution in [1.82, 2.24) is 9.80 Å². The second-order valence-electron chi connectivity index (χ2n) is 12.0. The van der Waals surface area contributed by atoms with E-state index in [1.165, 1.54) is 0 Å². The van der Waals surface area contributed by atoms with Gasteiger partial charge in [-0.05, 0) is 67.1 Å². The highest BCUT2D eigenvalue weighted by Crippen LogP contribution is 2.42. The number of aryl methyl sites for hydroxylation is 1. The van der Waals surface area contributed by atoms with E-state index in [0.29, 0.717) is 67.9 Å². The third-order valence-electron chi connectivity index (χ3n) is 8.05. The molecule has 0 aromatic heterocycles. The number of ether oxygens (including phenoxy) is 4. The van der Waals surface area contributed by atoms with E-state index in [9.17, 15) is 14.7 Å². The number of carbonyl (C=O) groups is 2. The number of likely N-dealkylation sites (tertiary alicyclic amines) is 1. The number of aliphatic hydroxyl groups excluding tert-OH is 1. The van der Waals surface area contributed by atoms with Crippen LogP contribution < -0.4 is 14.2 Å². The lowest BCUT2D eigenvalue weighted by molar-refractivity contribution is -0.140. The van der Waals surface area contributed by atoms with E-state index in [1.807, 2.05) is 25.1 Å². The van der Waals surface area contributed by atoms with Crippen molar-refractivity contribution in [3.63, 3.8) is 0 Å². The second-order valence-corrected chi connectivity index (χ2v) is 12.0. The van der Waals surface area contributed by atoms with Gasteiger partial charge in [-0.1, -0.05) is 39.7 Å². The van der Waals surface area contributed by atoms with E-state index < -0.39 is 17.7 Å². The Kier molecular flexibility index (Phi) is 12.1. The number of ketones is 1. The summed E-state index contributed by atoms with van der Waals surface area (Å²) in [5, 5.41) is 11.6. The Bertz CT molecular complexity index is 1320. The summed E-state index contributed by atoms with van der Waals surface area (Å²) in [6, 6.07) is 10.0. The molecule has 2 aromatic carbocycles. The quantitative estimate of drug-likeness (QED) is 0.118. The van der Waals surface area contributed by atoms with Crippen LogP contribution in [0.5, 0.6) is 17.2 Å². The number of nitrogens with zero attached hydrogens (tertiary/aromatic N) is 2. The summed E-state index contributed by atoms with van der Waals surface area (Å²) in [6.07, 6.45) is 3.78. The SMILES string of the molecule is CCCCCOc1ccc(C2C(=C(O)c3ccc(OCC(C)C)c(C)c3)C(=O)C(=O)N2CCCN2CCOCC2)cc1OC. The van der Waals surface area contributed by atoms with Gasteiger partial charge in [-0.25, -0.2) is 0 Å². The Labute approximate surface area is 261 Å². The summed E-state index contributed by atoms with van der Waals surface area (Å²) in [5.41, 5.74) is 2.02. The first-order chi connectivity index (χ1) is 21.2. The first kappa shape index (κ1) is 33.3. The van der Waals surface area contributed by atoms with E-state index in [0.717, 1.165) is 50.2 Å². The molecule has 0 spiro atoms. The first-order valence-electron chi connectivity index (χ1n) is 15.9. The fourth-order valence-electron chi connectivity index (χ4n) is 5.62. The molecule has 4 rings (SSSR count). The summed E-state index contributed by atoms with van der Waals surface area (Å²) in [6.45, 7) is 13.6. The van der Waals surface area contributed by atoms with Gasteiger partial charge in [0.1, 0.15) is 11.5 Å². The minimum Gasteiger partial charge on any atom is -0.507 e. The van der Waals surface area contributed by atoms with Gasteiger partial charge in [-0.3, -0.25) is 14.5 Å². The molecule has 0 saturated carbocycles. The third kappa shape index (κ3) is 8.12. The summed E-state index contributed by atoms with van der Waals surface area (Å²) in [7, 11) is 1.57. The number of rotatable bonds is 15. The predicted octanol–water partition coefficient (Wildman–Crippen LogP) is 5.75. The molecule has 0 bridgehead atoms. The Morgan fingerprint density at radius 2 is 1.73 bits per heavy atom. The van der Waals surface area contributed by atoms with Crippen molar-refractivity contribution in [3.8, 4) is 17.2 Å². The average molecular weight is 609 g/mol. The number of aliphatic hydroxyl groups is 1. The highest BCUT2D eigenvalue weighted by molar-refractivity contribution is 6.46. The number of unbranched alkanes of at least 4 members (excludes halogenated alkanes) is 2. The van der Waals surface area contributed by atoms with Crippen LogP contribution in [0, 0.1) is 12.8 Å². The molecule has 9 heteroatoms. The van der Waals surface area contributed by atoms with Crippen molar-refractivity contribution < 1.29 is 33.6 Å². The molecule has 0 aliphatic carbocycles. The summed E-state index contributed by atoms with van der Waals surface area (Å²) in [5.74, 6) is 0.675. The molecule has 1 amide bonds. The van der Waals surface area contributed by atoms with Gasteiger partial charge in [0.05, 0.1) is 45.2 Å². The number of amides is 1. The molecular weight excluding hydrogens is 560 g/mol. The van der Waals surface area contributed by atoms with Crippen LogP contribution in [0.1, 0.15) is 69.2 Å². The van der Waals surface area contributed by atoms with Crippen LogP contribution in [0.2, 0.25) is 0 Å². The van der Waals surface area contributed by atoms with E-state index >= 15 is 0 Å². The average Bonchev–Trinajstić information content (AvgIpc) is 3.27. The van der Waals surface area contributed by atoms with Gasteiger partial charge in [0.15, 0.2) is 11.5 Å². The maximum Gasteiger partial charge on any atom is 0.295 e. The monoisotopic (exact) mass is 608 g/mol. The maximum absolute atomic E-state index is 13.6. The standard InChI is InChI=1S/C35H48N2O7/c1-6-7-8-18-43-29-13-10-26(22-30(29)41-5)32-31(33(38)27-11-12-28(25(4)21-27)44-23-24(2)3)34(39)35(40)37(32)15-9-14-36-16-19-42-20-17-36/h10-13,21-22,24,32,38H,6-9,14-20,23H2,1-5H3. The zero-order chi connectivity index (χ0) is 31.6. The van der Waals surface area contributed by atoms with Crippen LogP contribution in [0.4, 0.5) is 0 Å². The van der Waals surface area contributed by atoms with Gasteiger partial charge in [0.25, 0.3) is 11.7 Å². The van der Waals surface area contributed by atoms with E-state index in [-0.39, 0.29) is 11.3 Å². The lowest BCUT2D eigenvalue weighted by Crippen LogP contribution is -2.39. The maximum atomic E-state index is 13.6. The highest BCUT2D eigenvalue weighted by Gasteiger charge is 2.46. The van der Waals surface area contributed by atoms with Crippen molar-refractivity contribution in [1.29, 1.82) is 0 Å². The van der Waals surface area contributed by atoms with Crippen LogP contribution >= 0.6 is 0 Å². The Balaban J connectivity index is 1.69. The van der Waals surface area contributed by atoms with Crippen molar-refractivity contribution in [2.75, 3.05) is 59.7 Å². The number of Topliss-reactive ketones (excluding diaryl/α,β-unsaturated/α-hetero) is 1. The summed E-state index contributed by atoms with van der Waals surface area (Å²) >= 11 is 0. The number of hydrogen-bond acceptors (Lipinski definition) is 8. The largest absolute Gasteiger partial charge is 0.507 e. The molecule has 2 heterocycles. The van der Waals surface area contributed by atoms with Crippen molar-refractivity contribution >= 4 is 17.4 Å². The van der Waals surface area contributed by atoms with E-state index in [2.05, 4.69) is 25.7 Å². The Hall–Kier alpha value is -3.56. The number of benzene rings is 2. The molecule has 2 fully saturated rings. The zero-order valence-corrected chi connectivity index (χ0v) is 26.9. The number of morpholine rings is 1. The van der Waals surface area contributed by atoms with E-state index in [1.54, 1.807) is 30.2 Å². The number of methoxy groups -OCH3 is 1. The van der Waals surface area contributed by atoms with Crippen molar-refractivity contribution in [3.05, 3.63) is 58.7 Å². The predicted molar refractivity (Wildman–Crippen MR) is 170 cm³/mol. The fourth-order valence-corrected chi connectivity index (χ4v) is 5.62. The van der Waals surface area contributed by atoms with E-state index in [4.69, 9.17) is 18.9 Å². The van der Waals surface area contributed by atoms with Crippen LogP contribution in [-0.4, -0.2) is 86.3 Å². The Morgan fingerprint density at radius 3 is 2.41 bits per heavy atom. The normalized spacial score (nSPS) is 18.7. The van der Waals surface area contributed by atoms with Gasteiger partial charge in [0.2, 0.25) is 0 Å². The fraction of sp³-hybridized carbons (Fsp3) is 0.543. The highest BCUT2D eigenvalue weighted by atomic mass is 16.5.